The molecule has 3 aliphatic rings. The molecule has 0 saturated heterocycles. The molecule has 2 saturated carbocycles. The van der Waals surface area contributed by atoms with E-state index in [1.54, 1.807) is 14.2 Å². The quantitative estimate of drug-likeness (QED) is 0.464. The highest BCUT2D eigenvalue weighted by molar-refractivity contribution is 6.05. The topological polar surface area (TPSA) is 38.7 Å². The Morgan fingerprint density at radius 1 is 0.688 bits per heavy atom. The number of methoxy groups -OCH3 is 2. The molecule has 2 spiro atoms. The molecule has 2 fully saturated rings. The lowest BCUT2D eigenvalue weighted by Gasteiger charge is -2.48. The molecule has 0 aliphatic heterocycles. The number of hydrogen-bond acceptors (Lipinski definition) is 3. The average Bonchev–Trinajstić information content (AvgIpc) is 3.10. The summed E-state index contributed by atoms with van der Waals surface area (Å²) in [5.41, 5.74) is 5.79. The lowest BCUT2D eigenvalue weighted by Crippen LogP contribution is -2.38. The Bertz CT molecular complexity index is 1190. The lowest BCUT2D eigenvalue weighted by atomic mass is 9.56. The third-order valence-corrected chi connectivity index (χ3v) is 8.93. The zero-order valence-corrected chi connectivity index (χ0v) is 19.2. The molecule has 3 nitrogen and oxygen atoms in total. The lowest BCUT2D eigenvalue weighted by molar-refractivity contribution is 0.0950. The Kier molecular flexibility index (Phi) is 4.47. The molecule has 32 heavy (non-hydrogen) atoms. The fraction of sp³-hybridized carbons (Fsp3) is 0.448. The summed E-state index contributed by atoms with van der Waals surface area (Å²) in [6.07, 6.45) is 11.8. The van der Waals surface area contributed by atoms with Crippen LogP contribution in [0.5, 0.6) is 17.2 Å². The van der Waals surface area contributed by atoms with Crippen molar-refractivity contribution in [2.45, 2.75) is 63.2 Å². The first kappa shape index (κ1) is 20.0. The largest absolute Gasteiger partial charge is 0.507 e. The highest BCUT2D eigenvalue weighted by Crippen LogP contribution is 2.63. The summed E-state index contributed by atoms with van der Waals surface area (Å²) in [5.74, 6) is 2.05. The van der Waals surface area contributed by atoms with E-state index >= 15 is 0 Å². The number of fused-ring (bicyclic) bond motifs is 7. The molecule has 0 heterocycles. The minimum atomic E-state index is -0.0342. The average molecular weight is 429 g/mol. The van der Waals surface area contributed by atoms with E-state index in [1.807, 2.05) is 12.1 Å². The van der Waals surface area contributed by atoms with Gasteiger partial charge in [-0.2, -0.15) is 0 Å². The zero-order valence-electron chi connectivity index (χ0n) is 19.2. The molecule has 3 aromatic carbocycles. The number of rotatable bonds is 2. The van der Waals surface area contributed by atoms with Crippen LogP contribution in [0.25, 0.3) is 21.9 Å². The first-order valence-electron chi connectivity index (χ1n) is 12.1. The Labute approximate surface area is 190 Å². The van der Waals surface area contributed by atoms with E-state index < -0.39 is 0 Å². The molecule has 3 aromatic rings. The van der Waals surface area contributed by atoms with Gasteiger partial charge in [0, 0.05) is 10.8 Å². The summed E-state index contributed by atoms with van der Waals surface area (Å²) < 4.78 is 11.1. The van der Waals surface area contributed by atoms with Gasteiger partial charge >= 0.3 is 0 Å². The number of benzene rings is 3. The van der Waals surface area contributed by atoms with Crippen LogP contribution in [-0.2, 0) is 5.41 Å². The number of hydrogen-bond donors (Lipinski definition) is 1. The number of aromatic hydroxyl groups is 1. The molecule has 0 amide bonds. The van der Waals surface area contributed by atoms with Gasteiger partial charge in [0.15, 0.2) is 0 Å². The number of phenols is 1. The molecule has 0 atom stereocenters. The van der Waals surface area contributed by atoms with Gasteiger partial charge in [0.25, 0.3) is 0 Å². The van der Waals surface area contributed by atoms with E-state index in [2.05, 4.69) is 30.3 Å². The molecule has 0 aromatic heterocycles. The van der Waals surface area contributed by atoms with Gasteiger partial charge in [0.05, 0.1) is 14.2 Å². The van der Waals surface area contributed by atoms with Crippen LogP contribution in [0.4, 0.5) is 0 Å². The Morgan fingerprint density at radius 2 is 1.38 bits per heavy atom. The molecule has 0 bridgehead atoms. The molecule has 0 unspecified atom stereocenters. The zero-order chi connectivity index (χ0) is 21.9. The second-order valence-corrected chi connectivity index (χ2v) is 10.3. The first-order valence-corrected chi connectivity index (χ1v) is 12.1. The Hall–Kier alpha value is -2.68. The molecular weight excluding hydrogens is 396 g/mol. The molecule has 1 N–H and O–H groups in total. The van der Waals surface area contributed by atoms with Gasteiger partial charge in [-0.15, -0.1) is 0 Å². The summed E-state index contributed by atoms with van der Waals surface area (Å²) in [5, 5.41) is 13.1. The SMILES string of the molecule is COc1ccc2c(c1)C1(CCC3(CCCCC3)CC1)c1cc(O)c3cc(OC)ccc3c1-2. The van der Waals surface area contributed by atoms with Crippen molar-refractivity contribution >= 4 is 10.8 Å². The van der Waals surface area contributed by atoms with Gasteiger partial charge in [0.1, 0.15) is 17.2 Å². The van der Waals surface area contributed by atoms with Crippen molar-refractivity contribution in [1.29, 1.82) is 0 Å². The van der Waals surface area contributed by atoms with Crippen LogP contribution in [0.3, 0.4) is 0 Å². The van der Waals surface area contributed by atoms with Crippen molar-refractivity contribution in [3.63, 3.8) is 0 Å². The minimum absolute atomic E-state index is 0.0342. The summed E-state index contributed by atoms with van der Waals surface area (Å²) in [4.78, 5) is 0. The highest BCUT2D eigenvalue weighted by Gasteiger charge is 2.50. The second-order valence-electron chi connectivity index (χ2n) is 10.3. The monoisotopic (exact) mass is 428 g/mol. The predicted molar refractivity (Wildman–Crippen MR) is 129 cm³/mol. The van der Waals surface area contributed by atoms with Crippen LogP contribution < -0.4 is 9.47 Å². The summed E-state index contributed by atoms with van der Waals surface area (Å²) in [7, 11) is 3.42. The van der Waals surface area contributed by atoms with Gasteiger partial charge in [0.2, 0.25) is 0 Å². The van der Waals surface area contributed by atoms with Crippen molar-refractivity contribution in [2.75, 3.05) is 14.2 Å². The van der Waals surface area contributed by atoms with Crippen LogP contribution in [0.15, 0.2) is 42.5 Å². The van der Waals surface area contributed by atoms with E-state index in [1.165, 1.54) is 67.2 Å². The van der Waals surface area contributed by atoms with E-state index in [0.29, 0.717) is 11.2 Å². The van der Waals surface area contributed by atoms with Gasteiger partial charge in [-0.05, 0) is 108 Å². The minimum Gasteiger partial charge on any atom is -0.507 e. The Balaban J connectivity index is 1.56. The maximum atomic E-state index is 11.1. The Morgan fingerprint density at radius 3 is 2.09 bits per heavy atom. The van der Waals surface area contributed by atoms with Crippen LogP contribution in [0.2, 0.25) is 0 Å². The van der Waals surface area contributed by atoms with Crippen molar-refractivity contribution in [1.82, 2.24) is 0 Å². The normalized spacial score (nSPS) is 20.3. The number of phenolic OH excluding ortho intramolecular Hbond substituents is 1. The van der Waals surface area contributed by atoms with Crippen LogP contribution in [0.1, 0.15) is 68.9 Å². The maximum absolute atomic E-state index is 11.1. The van der Waals surface area contributed by atoms with E-state index in [-0.39, 0.29) is 5.41 Å². The smallest absolute Gasteiger partial charge is 0.123 e. The van der Waals surface area contributed by atoms with Crippen molar-refractivity contribution in [2.24, 2.45) is 5.41 Å². The third-order valence-electron chi connectivity index (χ3n) is 8.93. The maximum Gasteiger partial charge on any atom is 0.123 e. The van der Waals surface area contributed by atoms with Gasteiger partial charge in [-0.25, -0.2) is 0 Å². The standard InChI is InChI=1S/C29H32O3/c1-31-19-6-8-21-23(16-19)26(30)18-25-27(21)22-9-7-20(32-2)17-24(22)29(25)14-12-28(13-15-29)10-4-3-5-11-28/h6-9,16-18,30H,3-5,10-15H2,1-2H3. The van der Waals surface area contributed by atoms with Crippen LogP contribution in [0, 0.1) is 5.41 Å². The van der Waals surface area contributed by atoms with E-state index in [9.17, 15) is 5.11 Å². The van der Waals surface area contributed by atoms with Crippen LogP contribution >= 0.6 is 0 Å². The summed E-state index contributed by atoms with van der Waals surface area (Å²) >= 11 is 0. The van der Waals surface area contributed by atoms with Crippen molar-refractivity contribution in [3.8, 4) is 28.4 Å². The predicted octanol–water partition coefficient (Wildman–Crippen LogP) is 7.35. The first-order chi connectivity index (χ1) is 15.6. The van der Waals surface area contributed by atoms with Gasteiger partial charge in [-0.1, -0.05) is 25.3 Å². The molecule has 3 heteroatoms. The fourth-order valence-electron chi connectivity index (χ4n) is 7.14. The summed E-state index contributed by atoms with van der Waals surface area (Å²) in [6, 6.07) is 14.7. The van der Waals surface area contributed by atoms with E-state index in [4.69, 9.17) is 9.47 Å². The van der Waals surface area contributed by atoms with Crippen molar-refractivity contribution in [3.05, 3.63) is 53.6 Å². The second kappa shape index (κ2) is 7.16. The molecule has 6 rings (SSSR count). The molecule has 3 aliphatic carbocycles. The summed E-state index contributed by atoms with van der Waals surface area (Å²) in [6.45, 7) is 0. The molecule has 166 valence electrons. The van der Waals surface area contributed by atoms with E-state index in [0.717, 1.165) is 35.1 Å². The highest BCUT2D eigenvalue weighted by atomic mass is 16.5. The van der Waals surface area contributed by atoms with Gasteiger partial charge in [-0.3, -0.25) is 0 Å². The fourth-order valence-corrected chi connectivity index (χ4v) is 7.14. The van der Waals surface area contributed by atoms with Gasteiger partial charge < -0.3 is 14.6 Å². The van der Waals surface area contributed by atoms with Crippen LogP contribution in [-0.4, -0.2) is 19.3 Å². The number of ether oxygens (including phenoxy) is 2. The third kappa shape index (κ3) is 2.73. The molecular formula is C29H32O3. The van der Waals surface area contributed by atoms with Crippen molar-refractivity contribution < 1.29 is 14.6 Å². The molecule has 0 radical (unpaired) electrons.